The molecule has 0 bridgehead atoms. The summed E-state index contributed by atoms with van der Waals surface area (Å²) in [5, 5.41) is 4.66. The lowest BCUT2D eigenvalue weighted by atomic mass is 10.0. The highest BCUT2D eigenvalue weighted by Crippen LogP contribution is 2.42. The Morgan fingerprint density at radius 1 is 0.298 bits per heavy atom. The Morgan fingerprint density at radius 3 is 1.53 bits per heavy atom. The van der Waals surface area contributed by atoms with Crippen LogP contribution >= 0.6 is 0 Å². The van der Waals surface area contributed by atoms with Crippen LogP contribution in [0.4, 0.5) is 0 Å². The average Bonchev–Trinajstić information content (AvgIpc) is 3.98. The molecule has 0 unspecified atom stereocenters. The third-order valence-electron chi connectivity index (χ3n) is 10.6. The van der Waals surface area contributed by atoms with E-state index in [9.17, 15) is 0 Å². The average molecular weight is 734 g/mol. The molecule has 12 aromatic rings. The van der Waals surface area contributed by atoms with Crippen LogP contribution in [0.3, 0.4) is 0 Å². The van der Waals surface area contributed by atoms with Crippen LogP contribution in [-0.2, 0) is 0 Å². The number of para-hydroxylation sites is 3. The lowest BCUT2D eigenvalue weighted by Crippen LogP contribution is -2.00. The van der Waals surface area contributed by atoms with E-state index in [0.717, 1.165) is 77.0 Å². The smallest absolute Gasteiger partial charge is 0.180 e. The highest BCUT2D eigenvalue weighted by Gasteiger charge is 2.24. The monoisotopic (exact) mass is 733 g/mol. The van der Waals surface area contributed by atoms with E-state index in [2.05, 4.69) is 12.1 Å². The van der Waals surface area contributed by atoms with Gasteiger partial charge in [0.2, 0.25) is 0 Å². The maximum absolute atomic E-state index is 6.76. The Kier molecular flexibility index (Phi) is 6.76. The van der Waals surface area contributed by atoms with E-state index < -0.39 is 0 Å². The van der Waals surface area contributed by atoms with E-state index in [4.69, 9.17) is 38.2 Å². The fourth-order valence-corrected chi connectivity index (χ4v) is 8.01. The highest BCUT2D eigenvalue weighted by molar-refractivity contribution is 6.16. The van der Waals surface area contributed by atoms with Gasteiger partial charge in [-0.05, 0) is 36.4 Å². The molecule has 5 heterocycles. The molecule has 0 N–H and O–H groups in total. The molecule has 0 aliphatic rings. The van der Waals surface area contributed by atoms with Gasteiger partial charge in [-0.1, -0.05) is 127 Å². The van der Waals surface area contributed by atoms with Crippen molar-refractivity contribution < 1.29 is 13.3 Å². The molecule has 0 saturated heterocycles. The molecule has 0 radical (unpaired) electrons. The zero-order chi connectivity index (χ0) is 37.5. The van der Waals surface area contributed by atoms with Crippen LogP contribution in [0, 0.1) is 0 Å². The summed E-state index contributed by atoms with van der Waals surface area (Å²) in [5.74, 6) is 2.17. The second-order valence-corrected chi connectivity index (χ2v) is 14.0. The first-order valence-corrected chi connectivity index (χ1v) is 18.7. The molecule has 7 aromatic carbocycles. The van der Waals surface area contributed by atoms with Crippen molar-refractivity contribution in [2.75, 3.05) is 0 Å². The molecule has 0 spiro atoms. The van der Waals surface area contributed by atoms with Gasteiger partial charge < -0.3 is 13.3 Å². The van der Waals surface area contributed by atoms with Gasteiger partial charge in [0.15, 0.2) is 28.9 Å². The molecule has 8 heteroatoms. The molecule has 0 aliphatic heterocycles. The molecular weight excluding hydrogens is 707 g/mol. The predicted octanol–water partition coefficient (Wildman–Crippen LogP) is 12.7. The van der Waals surface area contributed by atoms with E-state index in [-0.39, 0.29) is 0 Å². The minimum atomic E-state index is 0.524. The Balaban J connectivity index is 1.10. The third-order valence-corrected chi connectivity index (χ3v) is 10.6. The quantitative estimate of drug-likeness (QED) is 0.172. The summed E-state index contributed by atoms with van der Waals surface area (Å²) in [6.45, 7) is 0. The second kappa shape index (κ2) is 12.3. The Labute approximate surface area is 323 Å². The predicted molar refractivity (Wildman–Crippen MR) is 224 cm³/mol. The summed E-state index contributed by atoms with van der Waals surface area (Å²) in [4.78, 5) is 25.7. The van der Waals surface area contributed by atoms with Crippen LogP contribution in [0.5, 0.6) is 0 Å². The standard InChI is InChI=1S/C49H27N5O3/c1-3-14-28(15-4-1)42-45-43(31-19-8-10-25-37(31)56-45)51-49(50-42)35-23-11-20-32-41-34(22-13-27-39(41)57-44(32)35)48-53-46(29-16-5-2-6-17-29)52-47(54-48)33-21-12-26-38-40(33)30-18-7-9-24-36(30)55-38/h1-27H. The summed E-state index contributed by atoms with van der Waals surface area (Å²) >= 11 is 0. The van der Waals surface area contributed by atoms with Crippen LogP contribution in [0.1, 0.15) is 0 Å². The number of fused-ring (bicyclic) bond motifs is 9. The lowest BCUT2D eigenvalue weighted by Gasteiger charge is -2.10. The zero-order valence-corrected chi connectivity index (χ0v) is 30.0. The van der Waals surface area contributed by atoms with E-state index in [1.807, 2.05) is 152 Å². The lowest BCUT2D eigenvalue weighted by molar-refractivity contribution is 0.666. The Morgan fingerprint density at radius 2 is 0.789 bits per heavy atom. The molecule has 0 saturated carbocycles. The summed E-state index contributed by atoms with van der Waals surface area (Å²) in [6.07, 6.45) is 0. The van der Waals surface area contributed by atoms with E-state index >= 15 is 0 Å². The maximum Gasteiger partial charge on any atom is 0.180 e. The summed E-state index contributed by atoms with van der Waals surface area (Å²) in [5.41, 5.74) is 10.0. The first kappa shape index (κ1) is 31.4. The minimum absolute atomic E-state index is 0.524. The molecule has 266 valence electrons. The van der Waals surface area contributed by atoms with Gasteiger partial charge in [-0.2, -0.15) is 0 Å². The highest BCUT2D eigenvalue weighted by atomic mass is 16.3. The summed E-state index contributed by atoms with van der Waals surface area (Å²) < 4.78 is 19.4. The van der Waals surface area contributed by atoms with Crippen LogP contribution in [0.25, 0.3) is 123 Å². The molecule has 57 heavy (non-hydrogen) atoms. The van der Waals surface area contributed by atoms with Crippen molar-refractivity contribution in [1.29, 1.82) is 0 Å². The van der Waals surface area contributed by atoms with Gasteiger partial charge in [-0.25, -0.2) is 24.9 Å². The van der Waals surface area contributed by atoms with Crippen LogP contribution in [0.2, 0.25) is 0 Å². The molecule has 0 fully saturated rings. The van der Waals surface area contributed by atoms with Crippen molar-refractivity contribution in [2.24, 2.45) is 0 Å². The molecule has 0 aliphatic carbocycles. The number of benzene rings is 7. The van der Waals surface area contributed by atoms with Gasteiger partial charge in [0.1, 0.15) is 39.1 Å². The second-order valence-electron chi connectivity index (χ2n) is 14.0. The first-order chi connectivity index (χ1) is 28.2. The number of aromatic nitrogens is 5. The van der Waals surface area contributed by atoms with Crippen molar-refractivity contribution in [3.63, 3.8) is 0 Å². The minimum Gasteiger partial charge on any atom is -0.456 e. The summed E-state index contributed by atoms with van der Waals surface area (Å²) in [7, 11) is 0. The van der Waals surface area contributed by atoms with E-state index in [1.165, 1.54) is 0 Å². The van der Waals surface area contributed by atoms with Gasteiger partial charge in [0, 0.05) is 49.2 Å². The van der Waals surface area contributed by atoms with Crippen molar-refractivity contribution >= 4 is 65.9 Å². The molecule has 0 amide bonds. The van der Waals surface area contributed by atoms with Crippen LogP contribution in [0.15, 0.2) is 177 Å². The fourth-order valence-electron chi connectivity index (χ4n) is 8.01. The number of hydrogen-bond donors (Lipinski definition) is 0. The van der Waals surface area contributed by atoms with Crippen molar-refractivity contribution in [1.82, 2.24) is 24.9 Å². The maximum atomic E-state index is 6.76. The van der Waals surface area contributed by atoms with Crippen LogP contribution in [-0.4, -0.2) is 24.9 Å². The molecule has 8 nitrogen and oxygen atoms in total. The Hall–Kier alpha value is -7.97. The fraction of sp³-hybridized carbons (Fsp3) is 0. The van der Waals surface area contributed by atoms with E-state index in [1.54, 1.807) is 0 Å². The van der Waals surface area contributed by atoms with Crippen molar-refractivity contribution in [3.8, 4) is 56.8 Å². The van der Waals surface area contributed by atoms with Gasteiger partial charge in [0.05, 0.1) is 5.56 Å². The molecular formula is C49H27N5O3. The van der Waals surface area contributed by atoms with Gasteiger partial charge >= 0.3 is 0 Å². The van der Waals surface area contributed by atoms with Gasteiger partial charge in [-0.3, -0.25) is 0 Å². The molecule has 5 aromatic heterocycles. The largest absolute Gasteiger partial charge is 0.456 e. The van der Waals surface area contributed by atoms with Crippen molar-refractivity contribution in [2.45, 2.75) is 0 Å². The van der Waals surface area contributed by atoms with Gasteiger partial charge in [0.25, 0.3) is 0 Å². The number of furan rings is 3. The van der Waals surface area contributed by atoms with E-state index in [0.29, 0.717) is 45.7 Å². The third kappa shape index (κ3) is 4.91. The first-order valence-electron chi connectivity index (χ1n) is 18.7. The SMILES string of the molecule is c1ccc(-c2nc(-c3cccc4oc5ccccc5c34)nc(-c3cccc4oc5c(-c6nc(-c7ccccc7)c7oc8ccccc8c7n6)cccc5c34)n2)cc1. The molecule has 12 rings (SSSR count). The normalized spacial score (nSPS) is 11.9. The zero-order valence-electron chi connectivity index (χ0n) is 30.0. The van der Waals surface area contributed by atoms with Crippen molar-refractivity contribution in [3.05, 3.63) is 164 Å². The topological polar surface area (TPSA) is 104 Å². The van der Waals surface area contributed by atoms with Gasteiger partial charge in [-0.15, -0.1) is 0 Å². The number of rotatable bonds is 5. The Bertz CT molecular complexity index is 3530. The molecule has 0 atom stereocenters. The number of nitrogens with zero attached hydrogens (tertiary/aromatic N) is 5. The summed E-state index contributed by atoms with van der Waals surface area (Å²) in [6, 6.07) is 54.1. The number of hydrogen-bond acceptors (Lipinski definition) is 8. The van der Waals surface area contributed by atoms with Crippen LogP contribution < -0.4 is 0 Å².